The summed E-state index contributed by atoms with van der Waals surface area (Å²) < 4.78 is 5.64. The van der Waals surface area contributed by atoms with Crippen LogP contribution in [-0.2, 0) is 10.2 Å². The van der Waals surface area contributed by atoms with Crippen LogP contribution in [0.4, 0.5) is 10.5 Å². The number of carbonyl (C=O) groups is 2. The molecule has 0 spiro atoms. The van der Waals surface area contributed by atoms with Gasteiger partial charge < -0.3 is 9.84 Å². The molecule has 1 aliphatic heterocycles. The summed E-state index contributed by atoms with van der Waals surface area (Å²) >= 11 is 0. The molecule has 29 heavy (non-hydrogen) atoms. The van der Waals surface area contributed by atoms with Crippen molar-refractivity contribution in [2.75, 3.05) is 18.1 Å². The van der Waals surface area contributed by atoms with E-state index in [2.05, 4.69) is 20.8 Å². The molecule has 3 rings (SSSR count). The Kier molecular flexibility index (Phi) is 5.94. The van der Waals surface area contributed by atoms with Crippen LogP contribution in [0.15, 0.2) is 54.6 Å². The van der Waals surface area contributed by atoms with Crippen molar-refractivity contribution >= 4 is 17.6 Å². The number of aliphatic hydroxyl groups excluding tert-OH is 1. The molecule has 0 aliphatic carbocycles. The Bertz CT molecular complexity index is 859. The van der Waals surface area contributed by atoms with Crippen molar-refractivity contribution in [1.29, 1.82) is 0 Å². The molecule has 1 fully saturated rings. The number of amides is 3. The minimum atomic E-state index is -0.979. The van der Waals surface area contributed by atoms with Gasteiger partial charge >= 0.3 is 6.03 Å². The molecule has 2 unspecified atom stereocenters. The van der Waals surface area contributed by atoms with Gasteiger partial charge in [-0.25, -0.2) is 4.79 Å². The second-order valence-electron chi connectivity index (χ2n) is 8.35. The molecule has 3 amide bonds. The predicted molar refractivity (Wildman–Crippen MR) is 112 cm³/mol. The number of anilines is 1. The predicted octanol–water partition coefficient (Wildman–Crippen LogP) is 3.58. The van der Waals surface area contributed by atoms with Crippen LogP contribution >= 0.6 is 0 Å². The molecule has 0 bridgehead atoms. The maximum absolute atomic E-state index is 12.7. The van der Waals surface area contributed by atoms with E-state index >= 15 is 0 Å². The summed E-state index contributed by atoms with van der Waals surface area (Å²) in [5, 5.41) is 10.3. The number of rotatable bonds is 6. The number of ether oxygens (including phenoxy) is 1. The Labute approximate surface area is 171 Å². The molecule has 6 heteroatoms. The third-order valence-electron chi connectivity index (χ3n) is 5.04. The molecule has 1 aliphatic rings. The number of para-hydroxylation sites is 1. The first-order valence-corrected chi connectivity index (χ1v) is 9.79. The van der Waals surface area contributed by atoms with Crippen molar-refractivity contribution in [2.45, 2.75) is 45.3 Å². The number of hydrogen-bond donors (Lipinski definition) is 1. The summed E-state index contributed by atoms with van der Waals surface area (Å²) in [6, 6.07) is 15.7. The molecule has 2 atom stereocenters. The third-order valence-corrected chi connectivity index (χ3v) is 5.04. The van der Waals surface area contributed by atoms with Crippen LogP contribution in [0.25, 0.3) is 0 Å². The van der Waals surface area contributed by atoms with Gasteiger partial charge in [0.05, 0.1) is 6.54 Å². The van der Waals surface area contributed by atoms with E-state index < -0.39 is 18.2 Å². The van der Waals surface area contributed by atoms with Crippen LogP contribution < -0.4 is 9.64 Å². The van der Waals surface area contributed by atoms with Crippen LogP contribution in [-0.4, -0.2) is 47.2 Å². The smallest absolute Gasteiger partial charge is 0.332 e. The summed E-state index contributed by atoms with van der Waals surface area (Å²) in [7, 11) is 0. The maximum Gasteiger partial charge on any atom is 0.332 e. The average molecular weight is 396 g/mol. The van der Waals surface area contributed by atoms with Crippen LogP contribution in [0.2, 0.25) is 0 Å². The lowest BCUT2D eigenvalue weighted by atomic mass is 9.87. The van der Waals surface area contributed by atoms with Gasteiger partial charge in [-0.05, 0) is 42.2 Å². The number of carbonyl (C=O) groups excluding carboxylic acids is 2. The van der Waals surface area contributed by atoms with E-state index in [4.69, 9.17) is 4.74 Å². The van der Waals surface area contributed by atoms with Gasteiger partial charge in [-0.2, -0.15) is 0 Å². The Morgan fingerprint density at radius 2 is 1.66 bits per heavy atom. The molecule has 6 nitrogen and oxygen atoms in total. The fraction of sp³-hybridized carbons (Fsp3) is 0.391. The van der Waals surface area contributed by atoms with Gasteiger partial charge in [0.2, 0.25) is 0 Å². The second-order valence-corrected chi connectivity index (χ2v) is 8.35. The lowest BCUT2D eigenvalue weighted by Gasteiger charge is -2.21. The summed E-state index contributed by atoms with van der Waals surface area (Å²) in [5.74, 6) is 0.308. The van der Waals surface area contributed by atoms with Gasteiger partial charge in [-0.3, -0.25) is 14.6 Å². The second kappa shape index (κ2) is 8.25. The number of β-amino-alcohol motifs (C(OH)–C–C–N with tert-alkyl or cyclic N) is 1. The lowest BCUT2D eigenvalue weighted by molar-refractivity contribution is -0.128. The van der Waals surface area contributed by atoms with E-state index in [0.29, 0.717) is 11.4 Å². The molecule has 2 aromatic carbocycles. The monoisotopic (exact) mass is 396 g/mol. The molecular weight excluding hydrogens is 368 g/mol. The zero-order valence-corrected chi connectivity index (χ0v) is 17.3. The van der Waals surface area contributed by atoms with Crippen molar-refractivity contribution in [1.82, 2.24) is 4.90 Å². The van der Waals surface area contributed by atoms with E-state index in [9.17, 15) is 14.7 Å². The number of benzene rings is 2. The van der Waals surface area contributed by atoms with Crippen LogP contribution in [0.5, 0.6) is 5.75 Å². The Hall–Kier alpha value is -2.86. The first-order valence-electron chi connectivity index (χ1n) is 9.79. The lowest BCUT2D eigenvalue weighted by Crippen LogP contribution is -2.40. The third kappa shape index (κ3) is 4.59. The van der Waals surface area contributed by atoms with E-state index in [1.807, 2.05) is 42.5 Å². The first kappa shape index (κ1) is 20.9. The number of hydrogen-bond acceptors (Lipinski definition) is 4. The highest BCUT2D eigenvalue weighted by Crippen LogP contribution is 2.26. The van der Waals surface area contributed by atoms with E-state index in [0.717, 1.165) is 4.90 Å². The zero-order valence-electron chi connectivity index (χ0n) is 17.3. The van der Waals surface area contributed by atoms with Gasteiger partial charge in [0, 0.05) is 5.69 Å². The van der Waals surface area contributed by atoms with Gasteiger partial charge in [0.15, 0.2) is 0 Å². The van der Waals surface area contributed by atoms with Gasteiger partial charge in [-0.15, -0.1) is 0 Å². The molecule has 2 aromatic rings. The van der Waals surface area contributed by atoms with Crippen molar-refractivity contribution < 1.29 is 19.4 Å². The summed E-state index contributed by atoms with van der Waals surface area (Å²) in [5.41, 5.74) is 1.90. The Morgan fingerprint density at radius 3 is 2.24 bits per heavy atom. The minimum Gasteiger partial charge on any atom is -0.491 e. The summed E-state index contributed by atoms with van der Waals surface area (Å²) in [6.45, 7) is 7.98. The number of aliphatic hydroxyl groups is 1. The molecular formula is C23H28N2O4. The van der Waals surface area contributed by atoms with E-state index in [1.165, 1.54) is 10.5 Å². The van der Waals surface area contributed by atoms with Crippen molar-refractivity contribution in [3.05, 3.63) is 60.2 Å². The molecule has 0 radical (unpaired) electrons. The molecule has 1 saturated heterocycles. The van der Waals surface area contributed by atoms with Crippen LogP contribution in [0.3, 0.4) is 0 Å². The summed E-state index contributed by atoms with van der Waals surface area (Å²) in [4.78, 5) is 27.8. The quantitative estimate of drug-likeness (QED) is 0.758. The van der Waals surface area contributed by atoms with Crippen LogP contribution in [0.1, 0.15) is 33.3 Å². The molecule has 1 heterocycles. The molecule has 154 valence electrons. The minimum absolute atomic E-state index is 0.00829. The molecule has 1 N–H and O–H groups in total. The first-order chi connectivity index (χ1) is 13.7. The average Bonchev–Trinajstić information content (AvgIpc) is 2.90. The standard InChI is InChI=1S/C23H28N2O4/c1-16-21(27)24(22(28)25(16)18-8-6-5-7-9-18)14-19(26)15-29-20-12-10-17(11-13-20)23(2,3)4/h5-13,16,19,26H,14-15H2,1-4H3. The zero-order chi connectivity index (χ0) is 21.2. The van der Waals surface area contributed by atoms with E-state index in [-0.39, 0.29) is 24.5 Å². The Balaban J connectivity index is 1.59. The number of urea groups is 1. The SMILES string of the molecule is CC1C(=O)N(CC(O)COc2ccc(C(C)(C)C)cc2)C(=O)N1c1ccccc1. The largest absolute Gasteiger partial charge is 0.491 e. The normalized spacial score (nSPS) is 18.3. The Morgan fingerprint density at radius 1 is 1.03 bits per heavy atom. The number of nitrogens with zero attached hydrogens (tertiary/aromatic N) is 2. The highest BCUT2D eigenvalue weighted by Gasteiger charge is 2.43. The van der Waals surface area contributed by atoms with Crippen molar-refractivity contribution in [2.24, 2.45) is 0 Å². The van der Waals surface area contributed by atoms with Gasteiger partial charge in [-0.1, -0.05) is 51.1 Å². The molecule has 0 aromatic heterocycles. The fourth-order valence-corrected chi connectivity index (χ4v) is 3.32. The fourth-order valence-electron chi connectivity index (χ4n) is 3.32. The highest BCUT2D eigenvalue weighted by molar-refractivity contribution is 6.14. The number of imide groups is 1. The topological polar surface area (TPSA) is 70.1 Å². The van der Waals surface area contributed by atoms with Crippen LogP contribution in [0, 0.1) is 0 Å². The maximum atomic E-state index is 12.7. The van der Waals surface area contributed by atoms with E-state index in [1.54, 1.807) is 19.1 Å². The van der Waals surface area contributed by atoms with Crippen molar-refractivity contribution in [3.8, 4) is 5.75 Å². The van der Waals surface area contributed by atoms with Gasteiger partial charge in [0.1, 0.15) is 24.5 Å². The highest BCUT2D eigenvalue weighted by atomic mass is 16.5. The van der Waals surface area contributed by atoms with Gasteiger partial charge in [0.25, 0.3) is 5.91 Å². The summed E-state index contributed by atoms with van der Waals surface area (Å²) in [6.07, 6.45) is -0.979. The molecule has 0 saturated carbocycles. The van der Waals surface area contributed by atoms with Crippen molar-refractivity contribution in [3.63, 3.8) is 0 Å².